The highest BCUT2D eigenvalue weighted by atomic mass is 16.2. The van der Waals surface area contributed by atoms with Gasteiger partial charge in [-0.15, -0.1) is 0 Å². The summed E-state index contributed by atoms with van der Waals surface area (Å²) >= 11 is 0. The van der Waals surface area contributed by atoms with E-state index in [2.05, 4.69) is 25.5 Å². The van der Waals surface area contributed by atoms with Crippen LogP contribution in [-0.2, 0) is 4.79 Å². The number of hydrogen-bond acceptors (Lipinski definition) is 5. The highest BCUT2D eigenvalue weighted by molar-refractivity contribution is 5.95. The van der Waals surface area contributed by atoms with Crippen LogP contribution in [0.25, 0.3) is 0 Å². The van der Waals surface area contributed by atoms with Gasteiger partial charge in [0, 0.05) is 50.3 Å². The number of pyridine rings is 2. The van der Waals surface area contributed by atoms with Crippen molar-refractivity contribution in [3.63, 3.8) is 0 Å². The van der Waals surface area contributed by atoms with Gasteiger partial charge in [0.15, 0.2) is 0 Å². The summed E-state index contributed by atoms with van der Waals surface area (Å²) in [6.45, 7) is 2.31. The van der Waals surface area contributed by atoms with Gasteiger partial charge in [0.1, 0.15) is 5.82 Å². The topological polar surface area (TPSA) is 87.2 Å². The molecule has 0 atom stereocenters. The van der Waals surface area contributed by atoms with E-state index in [0.29, 0.717) is 11.3 Å². The second-order valence-electron chi connectivity index (χ2n) is 5.89. The van der Waals surface area contributed by atoms with Crippen molar-refractivity contribution >= 4 is 23.3 Å². The van der Waals surface area contributed by atoms with Crippen molar-refractivity contribution in [2.75, 3.05) is 29.9 Å². The highest BCUT2D eigenvalue weighted by Crippen LogP contribution is 2.17. The van der Waals surface area contributed by atoms with Gasteiger partial charge in [-0.2, -0.15) is 0 Å². The zero-order valence-corrected chi connectivity index (χ0v) is 13.9. The lowest BCUT2D eigenvalue weighted by molar-refractivity contribution is -0.116. The van der Waals surface area contributed by atoms with Gasteiger partial charge in [-0.25, -0.2) is 4.98 Å². The molecule has 1 fully saturated rings. The van der Waals surface area contributed by atoms with Crippen molar-refractivity contribution in [1.29, 1.82) is 0 Å². The van der Waals surface area contributed by atoms with E-state index in [1.54, 1.807) is 36.8 Å². The normalized spacial score (nSPS) is 13.5. The first-order valence-electron chi connectivity index (χ1n) is 8.41. The number of aromatic nitrogens is 2. The maximum Gasteiger partial charge on any atom is 0.252 e. The fourth-order valence-electron chi connectivity index (χ4n) is 2.70. The summed E-state index contributed by atoms with van der Waals surface area (Å²) < 4.78 is 0. The molecular formula is C18H21N5O2. The number of carbonyl (C=O) groups excluding carboxylic acids is 2. The molecule has 2 N–H and O–H groups in total. The Morgan fingerprint density at radius 1 is 1.08 bits per heavy atom. The van der Waals surface area contributed by atoms with Gasteiger partial charge in [-0.1, -0.05) is 0 Å². The van der Waals surface area contributed by atoms with Gasteiger partial charge in [0.25, 0.3) is 5.91 Å². The molecule has 0 aliphatic carbocycles. The summed E-state index contributed by atoms with van der Waals surface area (Å²) in [6, 6.07) is 7.07. The van der Waals surface area contributed by atoms with Gasteiger partial charge < -0.3 is 15.5 Å². The molecule has 25 heavy (non-hydrogen) atoms. The predicted octanol–water partition coefficient (Wildman–Crippen LogP) is 1.84. The van der Waals surface area contributed by atoms with Gasteiger partial charge >= 0.3 is 0 Å². The molecule has 3 heterocycles. The first-order valence-corrected chi connectivity index (χ1v) is 8.41. The van der Waals surface area contributed by atoms with Crippen LogP contribution in [0.1, 0.15) is 29.6 Å². The van der Waals surface area contributed by atoms with Crippen molar-refractivity contribution in [2.24, 2.45) is 0 Å². The van der Waals surface area contributed by atoms with E-state index < -0.39 is 0 Å². The van der Waals surface area contributed by atoms with Crippen LogP contribution in [-0.4, -0.2) is 41.4 Å². The molecule has 2 aromatic heterocycles. The van der Waals surface area contributed by atoms with Gasteiger partial charge in [-0.3, -0.25) is 14.6 Å². The lowest BCUT2D eigenvalue weighted by atomic mass is 10.2. The average molecular weight is 339 g/mol. The van der Waals surface area contributed by atoms with Gasteiger partial charge in [0.2, 0.25) is 5.91 Å². The summed E-state index contributed by atoms with van der Waals surface area (Å²) in [6.07, 6.45) is 7.37. The van der Waals surface area contributed by atoms with E-state index in [4.69, 9.17) is 0 Å². The monoisotopic (exact) mass is 339 g/mol. The van der Waals surface area contributed by atoms with Crippen LogP contribution in [0.5, 0.6) is 0 Å². The van der Waals surface area contributed by atoms with Crippen LogP contribution in [0.4, 0.5) is 11.5 Å². The maximum absolute atomic E-state index is 12.1. The molecule has 1 aliphatic heterocycles. The summed E-state index contributed by atoms with van der Waals surface area (Å²) in [4.78, 5) is 34.4. The zero-order chi connectivity index (χ0) is 17.5. The molecule has 0 radical (unpaired) electrons. The van der Waals surface area contributed by atoms with E-state index in [1.807, 2.05) is 6.07 Å². The second-order valence-corrected chi connectivity index (χ2v) is 5.89. The Morgan fingerprint density at radius 3 is 2.52 bits per heavy atom. The average Bonchev–Trinajstić information content (AvgIpc) is 3.17. The molecular weight excluding hydrogens is 318 g/mol. The Morgan fingerprint density at radius 2 is 1.84 bits per heavy atom. The molecule has 7 nitrogen and oxygen atoms in total. The summed E-state index contributed by atoms with van der Waals surface area (Å²) in [7, 11) is 0. The second kappa shape index (κ2) is 8.23. The minimum atomic E-state index is -0.225. The SMILES string of the molecule is O=C(CCNC(=O)c1ccc(N2CCCC2)nc1)Nc1ccncc1. The first-order chi connectivity index (χ1) is 12.2. The number of nitrogens with one attached hydrogen (secondary N) is 2. The number of rotatable bonds is 6. The molecule has 0 bridgehead atoms. The molecule has 1 saturated heterocycles. The van der Waals surface area contributed by atoms with Crippen LogP contribution in [0.3, 0.4) is 0 Å². The van der Waals surface area contributed by atoms with E-state index in [9.17, 15) is 9.59 Å². The third kappa shape index (κ3) is 4.76. The smallest absolute Gasteiger partial charge is 0.252 e. The molecule has 2 amide bonds. The maximum atomic E-state index is 12.1. The molecule has 0 aromatic carbocycles. The molecule has 1 aliphatic rings. The summed E-state index contributed by atoms with van der Waals surface area (Å²) in [5.41, 5.74) is 1.19. The third-order valence-electron chi connectivity index (χ3n) is 4.04. The summed E-state index contributed by atoms with van der Waals surface area (Å²) in [5.74, 6) is 0.525. The Labute approximate surface area is 146 Å². The fraction of sp³-hybridized carbons (Fsp3) is 0.333. The Bertz CT molecular complexity index is 712. The Balaban J connectivity index is 1.43. The Kier molecular flexibility index (Phi) is 5.56. The number of anilines is 2. The molecule has 0 unspecified atom stereocenters. The number of carbonyl (C=O) groups is 2. The first kappa shape index (κ1) is 16.9. The van der Waals surface area contributed by atoms with Crippen LogP contribution >= 0.6 is 0 Å². The molecule has 2 aromatic rings. The Hall–Kier alpha value is -2.96. The molecule has 7 heteroatoms. The predicted molar refractivity (Wildman–Crippen MR) is 95.5 cm³/mol. The van der Waals surface area contributed by atoms with Gasteiger partial charge in [0.05, 0.1) is 5.56 Å². The lowest BCUT2D eigenvalue weighted by Crippen LogP contribution is -2.28. The molecule has 3 rings (SSSR count). The van der Waals surface area contributed by atoms with Crippen molar-refractivity contribution < 1.29 is 9.59 Å². The van der Waals surface area contributed by atoms with E-state index >= 15 is 0 Å². The van der Waals surface area contributed by atoms with E-state index in [-0.39, 0.29) is 24.8 Å². The minimum absolute atomic E-state index is 0.158. The largest absolute Gasteiger partial charge is 0.357 e. The van der Waals surface area contributed by atoms with Crippen LogP contribution < -0.4 is 15.5 Å². The highest BCUT2D eigenvalue weighted by Gasteiger charge is 2.14. The van der Waals surface area contributed by atoms with Crippen LogP contribution in [0.15, 0.2) is 42.9 Å². The fourth-order valence-corrected chi connectivity index (χ4v) is 2.70. The van der Waals surface area contributed by atoms with Crippen molar-refractivity contribution in [3.8, 4) is 0 Å². The van der Waals surface area contributed by atoms with E-state index in [1.165, 1.54) is 12.8 Å². The lowest BCUT2D eigenvalue weighted by Gasteiger charge is -2.16. The van der Waals surface area contributed by atoms with E-state index in [0.717, 1.165) is 18.9 Å². The quantitative estimate of drug-likeness (QED) is 0.838. The molecule has 130 valence electrons. The standard InChI is InChI=1S/C18H21N5O2/c24-17(22-15-5-8-19-9-6-15)7-10-20-18(25)14-3-4-16(21-13-14)23-11-1-2-12-23/h3-6,8-9,13H,1-2,7,10-12H2,(H,20,25)(H,19,22,24). The molecule has 0 saturated carbocycles. The third-order valence-corrected chi connectivity index (χ3v) is 4.04. The summed E-state index contributed by atoms with van der Waals surface area (Å²) in [5, 5.41) is 5.48. The molecule has 0 spiro atoms. The number of amides is 2. The van der Waals surface area contributed by atoms with Crippen LogP contribution in [0, 0.1) is 0 Å². The number of hydrogen-bond donors (Lipinski definition) is 2. The van der Waals surface area contributed by atoms with Crippen molar-refractivity contribution in [3.05, 3.63) is 48.4 Å². The zero-order valence-electron chi connectivity index (χ0n) is 13.9. The van der Waals surface area contributed by atoms with Crippen molar-refractivity contribution in [2.45, 2.75) is 19.3 Å². The minimum Gasteiger partial charge on any atom is -0.357 e. The number of nitrogens with zero attached hydrogens (tertiary/aromatic N) is 3. The van der Waals surface area contributed by atoms with Gasteiger partial charge in [-0.05, 0) is 37.1 Å². The van der Waals surface area contributed by atoms with Crippen LogP contribution in [0.2, 0.25) is 0 Å². The van der Waals surface area contributed by atoms with Crippen molar-refractivity contribution in [1.82, 2.24) is 15.3 Å².